The van der Waals surface area contributed by atoms with Crippen molar-refractivity contribution in [2.24, 2.45) is 0 Å². The Kier molecular flexibility index (Phi) is 6.34. The van der Waals surface area contributed by atoms with E-state index in [2.05, 4.69) is 25.9 Å². The number of pyridine rings is 1. The molecular weight excluding hydrogens is 518 g/mol. The van der Waals surface area contributed by atoms with E-state index in [1.165, 1.54) is 16.8 Å². The number of hydrogen-bond acceptors (Lipinski definition) is 7. The Morgan fingerprint density at radius 2 is 2.16 bits per heavy atom. The number of amides is 1. The van der Waals surface area contributed by atoms with Gasteiger partial charge in [-0.05, 0) is 46.9 Å². The summed E-state index contributed by atoms with van der Waals surface area (Å²) in [6.07, 6.45) is 6.41. The summed E-state index contributed by atoms with van der Waals surface area (Å²) >= 11 is 2.01. The summed E-state index contributed by atoms with van der Waals surface area (Å²) in [7, 11) is 0. The maximum absolute atomic E-state index is 14.4. The number of nitrogens with one attached hydrogen (secondary N) is 2. The molecule has 4 aromatic rings. The van der Waals surface area contributed by atoms with E-state index >= 15 is 0 Å². The van der Waals surface area contributed by atoms with Crippen LogP contribution in [-0.4, -0.2) is 43.8 Å². The minimum atomic E-state index is -0.630. The number of carbonyl (C=O) groups is 1. The molecule has 0 spiro atoms. The van der Waals surface area contributed by atoms with Gasteiger partial charge in [-0.1, -0.05) is 6.07 Å². The molecule has 3 heterocycles. The van der Waals surface area contributed by atoms with Gasteiger partial charge in [-0.15, -0.1) is 0 Å². The van der Waals surface area contributed by atoms with Gasteiger partial charge in [0.15, 0.2) is 5.65 Å². The first-order chi connectivity index (χ1) is 15.1. The first kappa shape index (κ1) is 21.1. The number of anilines is 2. The van der Waals surface area contributed by atoms with Crippen LogP contribution in [0.5, 0.6) is 0 Å². The van der Waals surface area contributed by atoms with Crippen LogP contribution in [0.1, 0.15) is 10.4 Å². The molecule has 1 amide bonds. The highest BCUT2D eigenvalue weighted by Gasteiger charge is 2.19. The number of hydroxylamine groups is 1. The molecule has 0 fully saturated rings. The number of aliphatic hydroxyl groups excluding tert-OH is 1. The number of rotatable bonds is 7. The normalized spacial score (nSPS) is 10.9. The molecule has 3 aromatic heterocycles. The summed E-state index contributed by atoms with van der Waals surface area (Å²) in [5.74, 6) is -1.00. The molecule has 0 aliphatic carbocycles. The SMILES string of the molecule is O=C(NOCCO)c1cn2ncc(-c3cccnc3)c2nc1Nc1ccc(I)cc1F. The third-order valence-electron chi connectivity index (χ3n) is 4.25. The van der Waals surface area contributed by atoms with E-state index in [-0.39, 0.29) is 30.3 Å². The molecule has 31 heavy (non-hydrogen) atoms. The average molecular weight is 534 g/mol. The summed E-state index contributed by atoms with van der Waals surface area (Å²) in [5.41, 5.74) is 4.40. The highest BCUT2D eigenvalue weighted by molar-refractivity contribution is 14.1. The Labute approximate surface area is 189 Å². The molecule has 158 valence electrons. The summed E-state index contributed by atoms with van der Waals surface area (Å²) in [6.45, 7) is -0.340. The van der Waals surface area contributed by atoms with Crippen molar-refractivity contribution < 1.29 is 19.1 Å². The summed E-state index contributed by atoms with van der Waals surface area (Å²) < 4.78 is 16.6. The van der Waals surface area contributed by atoms with Gasteiger partial charge in [0.2, 0.25) is 0 Å². The molecule has 4 rings (SSSR count). The largest absolute Gasteiger partial charge is 0.394 e. The zero-order chi connectivity index (χ0) is 21.8. The molecule has 3 N–H and O–H groups in total. The number of aromatic nitrogens is 4. The van der Waals surface area contributed by atoms with Crippen LogP contribution >= 0.6 is 22.6 Å². The van der Waals surface area contributed by atoms with Gasteiger partial charge >= 0.3 is 0 Å². The van der Waals surface area contributed by atoms with E-state index in [1.807, 2.05) is 28.7 Å². The number of carbonyl (C=O) groups excluding carboxylic acids is 1. The van der Waals surface area contributed by atoms with Crippen molar-refractivity contribution in [1.29, 1.82) is 0 Å². The van der Waals surface area contributed by atoms with Crippen LogP contribution in [0.4, 0.5) is 15.9 Å². The van der Waals surface area contributed by atoms with Crippen molar-refractivity contribution >= 4 is 45.7 Å². The number of halogens is 2. The van der Waals surface area contributed by atoms with Crippen molar-refractivity contribution in [2.45, 2.75) is 0 Å². The fourth-order valence-electron chi connectivity index (χ4n) is 2.83. The number of aliphatic hydroxyl groups is 1. The first-order valence-electron chi connectivity index (χ1n) is 9.10. The molecular formula is C20H16FIN6O3. The second-order valence-electron chi connectivity index (χ2n) is 6.32. The van der Waals surface area contributed by atoms with E-state index in [0.717, 1.165) is 9.13 Å². The van der Waals surface area contributed by atoms with Crippen LogP contribution in [0, 0.1) is 9.39 Å². The van der Waals surface area contributed by atoms with Crippen LogP contribution < -0.4 is 10.8 Å². The standard InChI is InChI=1S/C20H16FIN6O3/c21-16-8-13(22)3-4-17(16)25-18-15(20(30)27-31-7-6-29)11-28-19(26-18)14(10-24-28)12-2-1-5-23-9-12/h1-5,8-11,29H,6-7H2,(H,25,26)(H,27,30). The zero-order valence-corrected chi connectivity index (χ0v) is 18.1. The third kappa shape index (κ3) is 4.62. The predicted molar refractivity (Wildman–Crippen MR) is 119 cm³/mol. The summed E-state index contributed by atoms with van der Waals surface area (Å²) in [6, 6.07) is 8.31. The lowest BCUT2D eigenvalue weighted by atomic mass is 10.1. The van der Waals surface area contributed by atoms with E-state index in [1.54, 1.807) is 36.8 Å². The predicted octanol–water partition coefficient (Wildman–Crippen LogP) is 2.93. The number of hydrogen-bond donors (Lipinski definition) is 3. The number of nitrogens with zero attached hydrogens (tertiary/aromatic N) is 4. The smallest absolute Gasteiger partial charge is 0.280 e. The Morgan fingerprint density at radius 3 is 2.90 bits per heavy atom. The van der Waals surface area contributed by atoms with Crippen molar-refractivity contribution in [3.63, 3.8) is 0 Å². The van der Waals surface area contributed by atoms with Gasteiger partial charge < -0.3 is 10.4 Å². The van der Waals surface area contributed by atoms with Gasteiger partial charge in [0, 0.05) is 33.3 Å². The fraction of sp³-hybridized carbons (Fsp3) is 0.100. The highest BCUT2D eigenvalue weighted by atomic mass is 127. The van der Waals surface area contributed by atoms with Gasteiger partial charge in [-0.2, -0.15) is 5.10 Å². The van der Waals surface area contributed by atoms with Crippen molar-refractivity contribution in [1.82, 2.24) is 25.1 Å². The van der Waals surface area contributed by atoms with E-state index in [9.17, 15) is 9.18 Å². The lowest BCUT2D eigenvalue weighted by molar-refractivity contribution is 0.0168. The molecule has 1 aromatic carbocycles. The van der Waals surface area contributed by atoms with Crippen LogP contribution in [0.3, 0.4) is 0 Å². The lowest BCUT2D eigenvalue weighted by Gasteiger charge is -2.13. The third-order valence-corrected chi connectivity index (χ3v) is 4.92. The number of benzene rings is 1. The fourth-order valence-corrected chi connectivity index (χ4v) is 3.29. The second kappa shape index (κ2) is 9.32. The zero-order valence-electron chi connectivity index (χ0n) is 15.9. The average Bonchev–Trinajstić information content (AvgIpc) is 3.18. The van der Waals surface area contributed by atoms with Crippen molar-refractivity contribution in [3.05, 3.63) is 70.1 Å². The monoisotopic (exact) mass is 534 g/mol. The molecule has 0 atom stereocenters. The maximum Gasteiger partial charge on any atom is 0.280 e. The molecule has 9 nitrogen and oxygen atoms in total. The van der Waals surface area contributed by atoms with Gasteiger partial charge in [-0.3, -0.25) is 14.6 Å². The topological polar surface area (TPSA) is 114 Å². The van der Waals surface area contributed by atoms with E-state index in [4.69, 9.17) is 9.94 Å². The van der Waals surface area contributed by atoms with Gasteiger partial charge in [0.25, 0.3) is 5.91 Å². The second-order valence-corrected chi connectivity index (χ2v) is 7.57. The Bertz CT molecular complexity index is 1230. The maximum atomic E-state index is 14.4. The highest BCUT2D eigenvalue weighted by Crippen LogP contribution is 2.27. The minimum absolute atomic E-state index is 0.0734. The molecule has 0 aliphatic rings. The van der Waals surface area contributed by atoms with Crippen LogP contribution in [0.15, 0.2) is 55.1 Å². The van der Waals surface area contributed by atoms with Crippen LogP contribution in [0.2, 0.25) is 0 Å². The minimum Gasteiger partial charge on any atom is -0.394 e. The van der Waals surface area contributed by atoms with Crippen LogP contribution in [-0.2, 0) is 4.84 Å². The van der Waals surface area contributed by atoms with Gasteiger partial charge in [0.05, 0.1) is 25.1 Å². The molecule has 0 bridgehead atoms. The van der Waals surface area contributed by atoms with Gasteiger partial charge in [0.1, 0.15) is 17.2 Å². The van der Waals surface area contributed by atoms with Gasteiger partial charge in [-0.25, -0.2) is 19.4 Å². The summed E-state index contributed by atoms with van der Waals surface area (Å²) in [4.78, 5) is 26.2. The quantitative estimate of drug-likeness (QED) is 0.190. The molecule has 0 aliphatic heterocycles. The molecule has 0 saturated carbocycles. The molecule has 11 heteroatoms. The van der Waals surface area contributed by atoms with E-state index < -0.39 is 11.7 Å². The molecule has 0 unspecified atom stereocenters. The van der Waals surface area contributed by atoms with Crippen LogP contribution in [0.25, 0.3) is 16.8 Å². The van der Waals surface area contributed by atoms with Crippen molar-refractivity contribution in [3.8, 4) is 11.1 Å². The number of fused-ring (bicyclic) bond motifs is 1. The summed E-state index contributed by atoms with van der Waals surface area (Å²) in [5, 5.41) is 16.0. The Balaban J connectivity index is 1.80. The first-order valence-corrected chi connectivity index (χ1v) is 10.2. The molecule has 0 radical (unpaired) electrons. The Hall–Kier alpha value is -3.16. The Morgan fingerprint density at radius 1 is 1.29 bits per heavy atom. The van der Waals surface area contributed by atoms with E-state index in [0.29, 0.717) is 11.2 Å². The lowest BCUT2D eigenvalue weighted by Crippen LogP contribution is -2.26. The van der Waals surface area contributed by atoms with Crippen molar-refractivity contribution in [2.75, 3.05) is 18.5 Å². The molecule has 0 saturated heterocycles.